The van der Waals surface area contributed by atoms with Crippen molar-refractivity contribution >= 4 is 148 Å². The van der Waals surface area contributed by atoms with Crippen LogP contribution in [0.25, 0.3) is 0 Å². The van der Waals surface area contributed by atoms with Gasteiger partial charge in [0.25, 0.3) is 0 Å². The van der Waals surface area contributed by atoms with E-state index in [2.05, 4.69) is 90.4 Å². The van der Waals surface area contributed by atoms with E-state index in [0.29, 0.717) is 19.3 Å². The minimum Gasteiger partial charge on any atom is -0.481 e. The number of nitrogens with one attached hydrogen (secondary N) is 25. The number of nitrogens with two attached hydrogens (primary N) is 9. The van der Waals surface area contributed by atoms with Gasteiger partial charge in [-0.25, -0.2) is 4.79 Å². The maximum Gasteiger partial charge on any atom is 0.326 e. The van der Waals surface area contributed by atoms with E-state index in [1.165, 1.54) is 24.5 Å². The van der Waals surface area contributed by atoms with E-state index in [1.54, 1.807) is 13.8 Å². The van der Waals surface area contributed by atoms with Gasteiger partial charge in [-0.15, -0.1) is 0 Å². The summed E-state index contributed by atoms with van der Waals surface area (Å²) in [6.07, 6.45) is 1.53. The Morgan fingerprint density at radius 1 is 0.284 bits per heavy atom. The summed E-state index contributed by atoms with van der Waals surface area (Å²) < 4.78 is 0. The highest BCUT2D eigenvalue weighted by atomic mass is 16.4. The van der Waals surface area contributed by atoms with Crippen molar-refractivity contribution in [2.45, 2.75) is 310 Å². The van der Waals surface area contributed by atoms with Crippen molar-refractivity contribution in [3.8, 4) is 0 Å². The van der Waals surface area contributed by atoms with Gasteiger partial charge in [-0.1, -0.05) is 20.3 Å². The second kappa shape index (κ2) is 62.2. The van der Waals surface area contributed by atoms with Gasteiger partial charge in [0.05, 0.1) is 6.04 Å². The lowest BCUT2D eigenvalue weighted by Gasteiger charge is -2.34. The Balaban J connectivity index is 1.20. The molecule has 59 nitrogen and oxygen atoms in total. The lowest BCUT2D eigenvalue weighted by atomic mass is 9.96. The molecule has 6 aliphatic rings. The number of guanidine groups is 8. The highest BCUT2D eigenvalue weighted by Gasteiger charge is 2.49. The molecule has 0 radical (unpaired) electrons. The highest BCUT2D eigenvalue weighted by molar-refractivity contribution is 6.02. The first-order valence-electron chi connectivity index (χ1n) is 50.6. The zero-order chi connectivity index (χ0) is 110. The predicted molar refractivity (Wildman–Crippen MR) is 541 cm³/mol. The molecule has 6 aliphatic heterocycles. The van der Waals surface area contributed by atoms with Crippen molar-refractivity contribution in [1.82, 2.24) is 120 Å². The number of nitrogens with zero attached hydrogens (tertiary/aromatic N) is 6. The number of likely N-dealkylation sites (tertiary alicyclic amines) is 6. The molecule has 0 unspecified atom stereocenters. The molecule has 828 valence electrons. The highest BCUT2D eigenvalue weighted by Crippen LogP contribution is 2.31. The van der Waals surface area contributed by atoms with E-state index in [4.69, 9.17) is 94.9 Å². The molecule has 0 aliphatic carbocycles. The molecule has 0 saturated carbocycles. The molecule has 0 aromatic rings. The molecule has 15 amide bonds. The summed E-state index contributed by atoms with van der Waals surface area (Å²) in [5, 5.41) is 127. The van der Waals surface area contributed by atoms with Gasteiger partial charge in [-0.2, -0.15) is 0 Å². The Morgan fingerprint density at radius 3 is 0.804 bits per heavy atom. The number of amides is 15. The predicted octanol–water partition coefficient (Wildman–Crippen LogP) is -10.3. The third kappa shape index (κ3) is 39.8. The van der Waals surface area contributed by atoms with Crippen LogP contribution in [-0.2, 0) is 81.5 Å². The molecule has 6 fully saturated rings. The molecule has 0 spiro atoms. The monoisotopic (exact) mass is 2090 g/mol. The molecule has 6 rings (SSSR count). The molecule has 0 aromatic heterocycles. The maximum absolute atomic E-state index is 15.3. The lowest BCUT2D eigenvalue weighted by Crippen LogP contribution is -2.61. The van der Waals surface area contributed by atoms with Crippen LogP contribution in [0.2, 0.25) is 0 Å². The van der Waals surface area contributed by atoms with Crippen LogP contribution in [0.5, 0.6) is 0 Å². The van der Waals surface area contributed by atoms with Gasteiger partial charge < -0.3 is 182 Å². The molecule has 59 heteroatoms. The molecule has 45 N–H and O–H groups in total. The molecule has 6 heterocycles. The van der Waals surface area contributed by atoms with Crippen molar-refractivity contribution in [2.75, 3.05) is 91.6 Å². The summed E-state index contributed by atoms with van der Waals surface area (Å²) in [5.41, 5.74) is 50.5. The van der Waals surface area contributed by atoms with E-state index in [-0.39, 0.29) is 288 Å². The summed E-state index contributed by atoms with van der Waals surface area (Å²) in [5.74, 6) is -18.2. The smallest absolute Gasteiger partial charge is 0.326 e. The van der Waals surface area contributed by atoms with Gasteiger partial charge in [0, 0.05) is 98.0 Å². The van der Waals surface area contributed by atoms with Gasteiger partial charge in [0.1, 0.15) is 90.6 Å². The van der Waals surface area contributed by atoms with Crippen molar-refractivity contribution < 1.29 is 91.7 Å². The van der Waals surface area contributed by atoms with E-state index in [1.807, 2.05) is 0 Å². The van der Waals surface area contributed by atoms with Crippen LogP contribution in [0.1, 0.15) is 213 Å². The fourth-order valence-electron chi connectivity index (χ4n) is 18.8. The van der Waals surface area contributed by atoms with Crippen LogP contribution in [0.15, 0.2) is 0 Å². The molecule has 0 aromatic carbocycles. The summed E-state index contributed by atoms with van der Waals surface area (Å²) in [6, 6.07) is -21.6. The largest absolute Gasteiger partial charge is 0.481 e. The Bertz CT molecular complexity index is 4670. The fraction of sp³-hybridized carbons (Fsp3) is 0.719. The van der Waals surface area contributed by atoms with Gasteiger partial charge in [0.2, 0.25) is 88.6 Å². The number of aliphatic carboxylic acids is 2. The Hall–Kier alpha value is -14.9. The van der Waals surface area contributed by atoms with Crippen molar-refractivity contribution in [2.24, 2.45) is 57.5 Å². The van der Waals surface area contributed by atoms with Crippen LogP contribution in [0, 0.1) is 49.2 Å². The van der Waals surface area contributed by atoms with Gasteiger partial charge in [-0.05, 0) is 192 Å². The second-order valence-electron chi connectivity index (χ2n) is 37.7. The first-order valence-corrected chi connectivity index (χ1v) is 50.6. The average molecular weight is 2090 g/mol. The average Bonchev–Trinajstić information content (AvgIpc) is 1.63. The van der Waals surface area contributed by atoms with Gasteiger partial charge in [-0.3, -0.25) is 120 Å². The minimum atomic E-state index is -1.71. The topological polar surface area (TPSA) is 980 Å². The zero-order valence-electron chi connectivity index (χ0n) is 84.3. The second-order valence-corrected chi connectivity index (χ2v) is 37.7. The normalized spacial score (nSPS) is 19.5. The van der Waals surface area contributed by atoms with Crippen molar-refractivity contribution in [3.05, 3.63) is 0 Å². The molecule has 17 atom stereocenters. The number of carboxylic acids is 2. The summed E-state index contributed by atoms with van der Waals surface area (Å²) in [4.78, 5) is 254. The molecular weight excluding hydrogens is 1930 g/mol. The first kappa shape index (κ1) is 122. The molecule has 148 heavy (non-hydrogen) atoms. The summed E-state index contributed by atoms with van der Waals surface area (Å²) in [7, 11) is 0. The van der Waals surface area contributed by atoms with Crippen LogP contribution >= 0.6 is 0 Å². The van der Waals surface area contributed by atoms with Crippen LogP contribution in [-0.4, -0.2) is 376 Å². The number of hydrogen-bond donors (Lipinski definition) is 36. The van der Waals surface area contributed by atoms with Gasteiger partial charge in [0.15, 0.2) is 47.7 Å². The SMILES string of the molecule is CC[C@H](C)[C@H](NC(=O)[C@H](CCCNC(=N)N)NC(=O)[C@@H](N)CCCNC(=N)N)C(=O)N[C@@H](CCCNC(=N)N)C(=O)N1CCC[C@H]1C(=O)N[C@@H](CCCNC(=N)N)C(=O)N1CCC[C@H]1C(=O)N1CCC[C@H]1C(=O)N[C@@H](CCCNC(=N)N)C(=O)N[C@@H](CCC(=O)O)C(=O)N1CCC[C@H]1C(=O)N[C@@H](CCCNC(=N)N)C(=O)N1CCC[C@H]1C(=O)N[C@@H](CCCNC(=N)N)C(=O)N1CCC[C@H]1C(=O)N[C@@H](CCCNC(=N)N)C(=O)O. The molecular formula is C89H158N40O19. The van der Waals surface area contributed by atoms with E-state index >= 15 is 38.4 Å². The van der Waals surface area contributed by atoms with E-state index in [9.17, 15) is 53.4 Å². The van der Waals surface area contributed by atoms with Gasteiger partial charge >= 0.3 is 11.9 Å². The number of hydrogen-bond acceptors (Lipinski definition) is 26. The zero-order valence-corrected chi connectivity index (χ0v) is 84.3. The van der Waals surface area contributed by atoms with Crippen molar-refractivity contribution in [3.63, 3.8) is 0 Å². The number of carbonyl (C=O) groups is 17. The summed E-state index contributed by atoms with van der Waals surface area (Å²) >= 11 is 0. The van der Waals surface area contributed by atoms with E-state index in [0.717, 1.165) is 4.90 Å². The Labute approximate surface area is 858 Å². The number of carboxylic acid groups (broad SMARTS) is 2. The minimum absolute atomic E-state index is 0.0108. The van der Waals surface area contributed by atoms with Crippen LogP contribution < -0.4 is 142 Å². The third-order valence-electron chi connectivity index (χ3n) is 26.6. The van der Waals surface area contributed by atoms with Crippen LogP contribution in [0.4, 0.5) is 0 Å². The first-order chi connectivity index (χ1) is 70.2. The van der Waals surface area contributed by atoms with E-state index < -0.39 is 234 Å². The summed E-state index contributed by atoms with van der Waals surface area (Å²) in [6.45, 7) is 3.94. The number of rotatable bonds is 62. The fourth-order valence-corrected chi connectivity index (χ4v) is 18.8. The lowest BCUT2D eigenvalue weighted by molar-refractivity contribution is -0.148. The molecule has 0 bridgehead atoms. The Morgan fingerprint density at radius 2 is 0.507 bits per heavy atom. The Kier molecular flexibility index (Phi) is 51.2. The van der Waals surface area contributed by atoms with Crippen molar-refractivity contribution in [1.29, 1.82) is 43.3 Å². The molecule has 6 saturated heterocycles. The van der Waals surface area contributed by atoms with Crippen LogP contribution in [0.3, 0.4) is 0 Å². The number of carbonyl (C=O) groups excluding carboxylic acids is 15. The maximum atomic E-state index is 15.3. The quantitative estimate of drug-likeness (QED) is 0.0153. The third-order valence-corrected chi connectivity index (χ3v) is 26.6. The standard InChI is InChI=1S/C89H158N40O19/c1-3-48(2)65(123-68(134)51(20-6-36-109-84(95)96)115-66(132)49(90)18-4-34-107-82(91)92)74(140)121-55(24-10-40-113-88(103)104)77(143)125-43-13-27-59(125)71(137)120-54(23-9-39-112-87(101)102)78(144)129-47-17-31-63(129)80(146)128-46-16-30-62(128)69(135)116-50(19-5-35-108-83(93)94)67(133)117-56(32-33-64(130)131)79(145)127-45-14-28-60(127)72(138)119-52(21-7-37-110-85(97)98)75(141)124-42-12-26-58(124)70(136)118-53(22-8-38-111-86(99)100)76(142)126-44-15-29-61(126)73(139)122-57(81(147)148)25-11-41-114-89(105)106/h48-63,65H,3-47,90H2,1-2H3,(H,115,132)(H,116,135)(H,117,133)(H,118,136)(H,119,138)(H,120,137)(H,121,140)(H,122,139)(H,123,134)(H,130,131)(H,147,148)(H4,91,92,107)(H4,93,94,108)(H4,95,96,109)(H4,97,98,110)(H4,99,100,111)(H4,101,102,112)(H4,103,104,113)(H4,105,106,114)/t48-,49-,50-,51-,52-,53-,54-,55-,56-,57-,58-,59-,60-,61-,62-,63-,65-/m0/s1.